The molecular formula is C21H30N2O. The molecule has 1 aliphatic heterocycles. The molecule has 4 atom stereocenters. The molecule has 3 fully saturated rings. The fraction of sp³-hybridized carbons (Fsp3) is 0.667. The maximum absolute atomic E-state index is 12.8. The second kappa shape index (κ2) is 6.78. The summed E-state index contributed by atoms with van der Waals surface area (Å²) < 4.78 is 0. The smallest absolute Gasteiger partial charge is 0.223 e. The highest BCUT2D eigenvalue weighted by Gasteiger charge is 2.41. The third kappa shape index (κ3) is 3.18. The van der Waals surface area contributed by atoms with Crippen LogP contribution in [0.5, 0.6) is 0 Å². The number of anilines is 1. The molecule has 1 amide bonds. The van der Waals surface area contributed by atoms with Crippen LogP contribution in [0.3, 0.4) is 0 Å². The summed E-state index contributed by atoms with van der Waals surface area (Å²) in [5.74, 6) is 3.21. The maximum Gasteiger partial charge on any atom is 0.223 e. The van der Waals surface area contributed by atoms with Gasteiger partial charge in [-0.3, -0.25) is 4.79 Å². The van der Waals surface area contributed by atoms with Crippen molar-refractivity contribution in [2.45, 2.75) is 63.8 Å². The number of rotatable bonds is 5. The number of benzene rings is 1. The van der Waals surface area contributed by atoms with Gasteiger partial charge < -0.3 is 10.6 Å². The Morgan fingerprint density at radius 2 is 2.04 bits per heavy atom. The number of fused-ring (bicyclic) bond motifs is 2. The van der Waals surface area contributed by atoms with E-state index in [-0.39, 0.29) is 0 Å². The first-order valence-corrected chi connectivity index (χ1v) is 9.83. The van der Waals surface area contributed by atoms with E-state index >= 15 is 0 Å². The lowest BCUT2D eigenvalue weighted by atomic mass is 9.83. The van der Waals surface area contributed by atoms with Gasteiger partial charge in [-0.15, -0.1) is 0 Å². The standard InChI is InChI=1S/C21H30N2O/c22-20-6-2-1-4-16(20)9-10-21(24)23-11-3-5-19(23)14-18-13-15-7-8-17(18)12-15/h1-2,4,6,15,17-19H,3,5,7-14,22H2. The number of nitrogens with two attached hydrogens (primary N) is 1. The number of hydrogen-bond acceptors (Lipinski definition) is 2. The summed E-state index contributed by atoms with van der Waals surface area (Å²) in [6, 6.07) is 8.43. The van der Waals surface area contributed by atoms with E-state index in [0.717, 1.165) is 42.0 Å². The number of aryl methyl sites for hydroxylation is 1. The van der Waals surface area contributed by atoms with Crippen LogP contribution >= 0.6 is 0 Å². The predicted molar refractivity (Wildman–Crippen MR) is 97.5 cm³/mol. The van der Waals surface area contributed by atoms with Crippen LogP contribution in [0.4, 0.5) is 5.69 Å². The number of nitrogens with zero attached hydrogens (tertiary/aromatic N) is 1. The molecule has 2 N–H and O–H groups in total. The second-order valence-corrected chi connectivity index (χ2v) is 8.25. The summed E-state index contributed by atoms with van der Waals surface area (Å²) in [6.45, 7) is 0.967. The van der Waals surface area contributed by atoms with Gasteiger partial charge in [0, 0.05) is 24.7 Å². The zero-order valence-corrected chi connectivity index (χ0v) is 14.6. The van der Waals surface area contributed by atoms with Crippen molar-refractivity contribution in [3.63, 3.8) is 0 Å². The van der Waals surface area contributed by atoms with Gasteiger partial charge in [-0.2, -0.15) is 0 Å². The third-order valence-electron chi connectivity index (χ3n) is 6.82. The molecule has 1 aromatic rings. The molecule has 2 bridgehead atoms. The van der Waals surface area contributed by atoms with E-state index < -0.39 is 0 Å². The zero-order chi connectivity index (χ0) is 16.5. The molecule has 130 valence electrons. The van der Waals surface area contributed by atoms with E-state index in [9.17, 15) is 4.79 Å². The number of likely N-dealkylation sites (tertiary alicyclic amines) is 1. The number of nitrogen functional groups attached to an aromatic ring is 1. The number of hydrogen-bond donors (Lipinski definition) is 1. The summed E-state index contributed by atoms with van der Waals surface area (Å²) in [6.07, 6.45) is 10.8. The van der Waals surface area contributed by atoms with Gasteiger partial charge in [0.25, 0.3) is 0 Å². The van der Waals surface area contributed by atoms with Crippen molar-refractivity contribution < 1.29 is 4.79 Å². The second-order valence-electron chi connectivity index (χ2n) is 8.25. The minimum absolute atomic E-state index is 0.337. The lowest BCUT2D eigenvalue weighted by molar-refractivity contribution is -0.132. The topological polar surface area (TPSA) is 46.3 Å². The van der Waals surface area contributed by atoms with Crippen LogP contribution in [0, 0.1) is 17.8 Å². The van der Waals surface area contributed by atoms with Crippen molar-refractivity contribution in [3.8, 4) is 0 Å². The Hall–Kier alpha value is -1.51. The number of carbonyl (C=O) groups is 1. The monoisotopic (exact) mass is 326 g/mol. The van der Waals surface area contributed by atoms with E-state index in [4.69, 9.17) is 5.73 Å². The first-order valence-electron chi connectivity index (χ1n) is 9.83. The van der Waals surface area contributed by atoms with Crippen molar-refractivity contribution in [2.75, 3.05) is 12.3 Å². The van der Waals surface area contributed by atoms with Crippen molar-refractivity contribution in [3.05, 3.63) is 29.8 Å². The summed E-state index contributed by atoms with van der Waals surface area (Å²) in [4.78, 5) is 15.0. The van der Waals surface area contributed by atoms with Crippen LogP contribution in [-0.4, -0.2) is 23.4 Å². The van der Waals surface area contributed by atoms with E-state index in [1.807, 2.05) is 24.3 Å². The summed E-state index contributed by atoms with van der Waals surface area (Å²) in [7, 11) is 0. The molecule has 3 aliphatic rings. The number of para-hydroxylation sites is 1. The van der Waals surface area contributed by atoms with E-state index in [0.29, 0.717) is 18.4 Å². The Kier molecular flexibility index (Phi) is 4.51. The van der Waals surface area contributed by atoms with Gasteiger partial charge in [-0.1, -0.05) is 24.6 Å². The predicted octanol–water partition coefficient (Wildman–Crippen LogP) is 4.02. The molecule has 0 spiro atoms. The summed E-state index contributed by atoms with van der Waals surface area (Å²) >= 11 is 0. The van der Waals surface area contributed by atoms with E-state index in [2.05, 4.69) is 4.90 Å². The van der Waals surface area contributed by atoms with Crippen LogP contribution in [0.2, 0.25) is 0 Å². The van der Waals surface area contributed by atoms with Crippen LogP contribution < -0.4 is 5.73 Å². The Bertz CT molecular complexity index is 599. The van der Waals surface area contributed by atoms with Crippen LogP contribution in [0.25, 0.3) is 0 Å². The Balaban J connectivity index is 1.32. The SMILES string of the molecule is Nc1ccccc1CCC(=O)N1CCCC1CC1CC2CCC1C2. The van der Waals surface area contributed by atoms with Gasteiger partial charge in [0.2, 0.25) is 5.91 Å². The third-order valence-corrected chi connectivity index (χ3v) is 6.82. The molecule has 0 aromatic heterocycles. The Morgan fingerprint density at radius 3 is 2.79 bits per heavy atom. The van der Waals surface area contributed by atoms with Crippen LogP contribution in [0.15, 0.2) is 24.3 Å². The van der Waals surface area contributed by atoms with Gasteiger partial charge >= 0.3 is 0 Å². The average Bonchev–Trinajstić information content (AvgIpc) is 3.30. The molecule has 1 saturated heterocycles. The number of amides is 1. The van der Waals surface area contributed by atoms with Gasteiger partial charge in [0.15, 0.2) is 0 Å². The first-order chi connectivity index (χ1) is 11.7. The highest BCUT2D eigenvalue weighted by Crippen LogP contribution is 2.50. The fourth-order valence-corrected chi connectivity index (χ4v) is 5.57. The van der Waals surface area contributed by atoms with Gasteiger partial charge in [-0.05, 0) is 74.3 Å². The van der Waals surface area contributed by atoms with E-state index in [1.165, 1.54) is 44.9 Å². The minimum Gasteiger partial charge on any atom is -0.399 e. The first kappa shape index (κ1) is 16.0. The van der Waals surface area contributed by atoms with Crippen LogP contribution in [-0.2, 0) is 11.2 Å². The molecule has 1 heterocycles. The van der Waals surface area contributed by atoms with Gasteiger partial charge in [0.1, 0.15) is 0 Å². The highest BCUT2D eigenvalue weighted by molar-refractivity contribution is 5.77. The summed E-state index contributed by atoms with van der Waals surface area (Å²) in [5.41, 5.74) is 7.92. The fourth-order valence-electron chi connectivity index (χ4n) is 5.57. The quantitative estimate of drug-likeness (QED) is 0.831. The molecule has 0 radical (unpaired) electrons. The maximum atomic E-state index is 12.8. The van der Waals surface area contributed by atoms with Gasteiger partial charge in [-0.25, -0.2) is 0 Å². The lowest BCUT2D eigenvalue weighted by Crippen LogP contribution is -2.37. The Morgan fingerprint density at radius 1 is 1.17 bits per heavy atom. The van der Waals surface area contributed by atoms with Crippen LogP contribution in [0.1, 0.15) is 56.9 Å². The minimum atomic E-state index is 0.337. The highest BCUT2D eigenvalue weighted by atomic mass is 16.2. The molecule has 4 rings (SSSR count). The van der Waals surface area contributed by atoms with Crippen molar-refractivity contribution in [1.29, 1.82) is 0 Å². The molecule has 1 aromatic carbocycles. The molecule has 3 nitrogen and oxygen atoms in total. The van der Waals surface area contributed by atoms with Crippen molar-refractivity contribution in [1.82, 2.24) is 4.90 Å². The molecule has 2 aliphatic carbocycles. The molecule has 2 saturated carbocycles. The van der Waals surface area contributed by atoms with E-state index in [1.54, 1.807) is 0 Å². The average molecular weight is 326 g/mol. The lowest BCUT2D eigenvalue weighted by Gasteiger charge is -2.30. The molecule has 4 unspecified atom stereocenters. The van der Waals surface area contributed by atoms with Gasteiger partial charge in [0.05, 0.1) is 0 Å². The molecule has 3 heteroatoms. The van der Waals surface area contributed by atoms with Crippen molar-refractivity contribution in [2.24, 2.45) is 17.8 Å². The zero-order valence-electron chi connectivity index (χ0n) is 14.6. The molecule has 24 heavy (non-hydrogen) atoms. The normalized spacial score (nSPS) is 31.8. The van der Waals surface area contributed by atoms with Crippen molar-refractivity contribution >= 4 is 11.6 Å². The summed E-state index contributed by atoms with van der Waals surface area (Å²) in [5, 5.41) is 0. The largest absolute Gasteiger partial charge is 0.399 e. The number of carbonyl (C=O) groups excluding carboxylic acids is 1. The molecular weight excluding hydrogens is 296 g/mol. The Labute approximate surface area is 145 Å².